The number of carboxylic acid groups (broad SMARTS) is 1. The average Bonchev–Trinajstić information content (AvgIpc) is 3.13. The molecule has 0 bridgehead atoms. The van der Waals surface area contributed by atoms with Crippen molar-refractivity contribution in [3.8, 4) is 0 Å². The van der Waals surface area contributed by atoms with Crippen LogP contribution < -0.4 is 0 Å². The van der Waals surface area contributed by atoms with Crippen molar-refractivity contribution in [2.24, 2.45) is 5.92 Å². The monoisotopic (exact) mass is 316 g/mol. The molecule has 0 aliphatic carbocycles. The fourth-order valence-corrected chi connectivity index (χ4v) is 3.78. The van der Waals surface area contributed by atoms with E-state index in [0.29, 0.717) is 13.0 Å². The third kappa shape index (κ3) is 2.87. The summed E-state index contributed by atoms with van der Waals surface area (Å²) in [4.78, 5) is 30.5. The van der Waals surface area contributed by atoms with Crippen LogP contribution in [0, 0.1) is 5.92 Å². The summed E-state index contributed by atoms with van der Waals surface area (Å²) in [5.74, 6) is -1.66. The first-order valence-corrected chi connectivity index (χ1v) is 7.99. The number of carbonyl (C=O) groups excluding carboxylic acids is 1. The van der Waals surface area contributed by atoms with Crippen molar-refractivity contribution in [3.63, 3.8) is 0 Å². The van der Waals surface area contributed by atoms with E-state index in [1.807, 2.05) is 29.6 Å². The second-order valence-corrected chi connectivity index (χ2v) is 6.29. The lowest BCUT2D eigenvalue weighted by molar-refractivity contribution is -0.142. The summed E-state index contributed by atoms with van der Waals surface area (Å²) in [6.07, 6.45) is 4.23. The van der Waals surface area contributed by atoms with Crippen molar-refractivity contribution >= 4 is 23.2 Å². The van der Waals surface area contributed by atoms with E-state index in [2.05, 4.69) is 4.98 Å². The Bertz CT molecular complexity index is 657. The zero-order valence-corrected chi connectivity index (χ0v) is 12.7. The maximum Gasteiger partial charge on any atom is 0.309 e. The van der Waals surface area contributed by atoms with Crippen molar-refractivity contribution in [2.45, 2.75) is 18.9 Å². The minimum absolute atomic E-state index is 0.0743. The van der Waals surface area contributed by atoms with Crippen molar-refractivity contribution in [2.75, 3.05) is 6.54 Å². The Labute approximate surface area is 132 Å². The number of amides is 1. The van der Waals surface area contributed by atoms with Gasteiger partial charge in [-0.25, -0.2) is 0 Å². The van der Waals surface area contributed by atoms with E-state index in [-0.39, 0.29) is 18.4 Å². The van der Waals surface area contributed by atoms with Gasteiger partial charge in [-0.05, 0) is 29.5 Å². The van der Waals surface area contributed by atoms with Crippen molar-refractivity contribution in [1.29, 1.82) is 0 Å². The van der Waals surface area contributed by atoms with Crippen LogP contribution in [0.1, 0.15) is 22.9 Å². The van der Waals surface area contributed by atoms with Crippen molar-refractivity contribution < 1.29 is 14.7 Å². The molecular formula is C16H16N2O3S. The number of aromatic nitrogens is 1. The fraction of sp³-hybridized carbons (Fsp3) is 0.312. The molecule has 2 aromatic rings. The van der Waals surface area contributed by atoms with E-state index >= 15 is 0 Å². The summed E-state index contributed by atoms with van der Waals surface area (Å²) in [6, 6.07) is 7.25. The van der Waals surface area contributed by atoms with Crippen LogP contribution in [0.25, 0.3) is 0 Å². The van der Waals surface area contributed by atoms with Gasteiger partial charge in [0.1, 0.15) is 0 Å². The van der Waals surface area contributed by atoms with Gasteiger partial charge < -0.3 is 10.0 Å². The molecule has 0 radical (unpaired) electrons. The first kappa shape index (κ1) is 14.7. The lowest BCUT2D eigenvalue weighted by Gasteiger charge is -2.26. The molecule has 1 aliphatic rings. The predicted molar refractivity (Wildman–Crippen MR) is 82.5 cm³/mol. The third-order valence-corrected chi connectivity index (χ3v) is 4.89. The van der Waals surface area contributed by atoms with Crippen LogP contribution in [0.3, 0.4) is 0 Å². The zero-order chi connectivity index (χ0) is 15.5. The number of rotatable bonds is 5. The number of aliphatic carboxylic acids is 1. The van der Waals surface area contributed by atoms with Crippen LogP contribution >= 0.6 is 11.3 Å². The molecule has 0 aromatic carbocycles. The minimum atomic E-state index is -0.907. The second-order valence-electron chi connectivity index (χ2n) is 5.31. The summed E-state index contributed by atoms with van der Waals surface area (Å²) in [5, 5.41) is 11.3. The van der Waals surface area contributed by atoms with E-state index in [1.54, 1.807) is 17.3 Å². The minimum Gasteiger partial charge on any atom is -0.481 e. The molecule has 1 fully saturated rings. The molecule has 6 heteroatoms. The summed E-state index contributed by atoms with van der Waals surface area (Å²) in [6.45, 7) is 0.511. The Kier molecular flexibility index (Phi) is 4.20. The number of likely N-dealkylation sites (tertiary alicyclic amines) is 1. The molecule has 1 amide bonds. The van der Waals surface area contributed by atoms with Gasteiger partial charge in [0.2, 0.25) is 5.91 Å². The lowest BCUT2D eigenvalue weighted by atomic mass is 9.99. The topological polar surface area (TPSA) is 70.5 Å². The molecule has 0 spiro atoms. The first-order chi connectivity index (χ1) is 10.7. The smallest absolute Gasteiger partial charge is 0.309 e. The Morgan fingerprint density at radius 1 is 1.41 bits per heavy atom. The van der Waals surface area contributed by atoms with Crippen LogP contribution in [0.5, 0.6) is 0 Å². The van der Waals surface area contributed by atoms with Gasteiger partial charge in [-0.15, -0.1) is 11.3 Å². The number of hydrogen-bond donors (Lipinski definition) is 1. The zero-order valence-electron chi connectivity index (χ0n) is 11.9. The lowest BCUT2D eigenvalue weighted by Crippen LogP contribution is -2.31. The van der Waals surface area contributed by atoms with E-state index in [0.717, 1.165) is 10.4 Å². The normalized spacial score (nSPS) is 21.3. The number of thiophene rings is 1. The summed E-state index contributed by atoms with van der Waals surface area (Å²) < 4.78 is 0. The molecule has 0 unspecified atom stereocenters. The van der Waals surface area contributed by atoms with Crippen molar-refractivity contribution in [3.05, 3.63) is 52.5 Å². The van der Waals surface area contributed by atoms with Gasteiger partial charge in [0.05, 0.1) is 12.0 Å². The molecule has 5 nitrogen and oxygen atoms in total. The predicted octanol–water partition coefficient (Wildman–Crippen LogP) is 2.36. The standard InChI is InChI=1S/C16H16N2O3S/c19-14-9-12(16(20)21)15(13-4-2-8-22-13)18(14)7-5-11-3-1-6-17-10-11/h1-4,6,8,10,12,15H,5,7,9H2,(H,20,21)/t12-,15+/m1/s1. The quantitative estimate of drug-likeness (QED) is 0.919. The molecule has 1 aliphatic heterocycles. The Morgan fingerprint density at radius 2 is 2.27 bits per heavy atom. The van der Waals surface area contributed by atoms with Gasteiger partial charge in [0.25, 0.3) is 0 Å². The van der Waals surface area contributed by atoms with Crippen molar-refractivity contribution in [1.82, 2.24) is 9.88 Å². The molecule has 2 aromatic heterocycles. The first-order valence-electron chi connectivity index (χ1n) is 7.11. The number of carbonyl (C=O) groups is 2. The van der Waals surface area contributed by atoms with Crippen LogP contribution in [-0.4, -0.2) is 33.4 Å². The van der Waals surface area contributed by atoms with E-state index < -0.39 is 11.9 Å². The summed E-state index contributed by atoms with van der Waals surface area (Å²) in [5.41, 5.74) is 1.04. The molecule has 22 heavy (non-hydrogen) atoms. The van der Waals surface area contributed by atoms with Gasteiger partial charge in [-0.2, -0.15) is 0 Å². The molecule has 1 saturated heterocycles. The second kappa shape index (κ2) is 6.27. The van der Waals surface area contributed by atoms with Crippen LogP contribution in [-0.2, 0) is 16.0 Å². The van der Waals surface area contributed by atoms with Gasteiger partial charge in [-0.1, -0.05) is 12.1 Å². The highest BCUT2D eigenvalue weighted by Gasteiger charge is 2.44. The molecule has 2 atom stereocenters. The highest BCUT2D eigenvalue weighted by molar-refractivity contribution is 7.10. The average molecular weight is 316 g/mol. The molecule has 3 heterocycles. The molecule has 1 N–H and O–H groups in total. The maximum atomic E-state index is 12.3. The Morgan fingerprint density at radius 3 is 2.91 bits per heavy atom. The number of hydrogen-bond acceptors (Lipinski definition) is 4. The maximum absolute atomic E-state index is 12.3. The third-order valence-electron chi connectivity index (χ3n) is 3.95. The molecular weight excluding hydrogens is 300 g/mol. The van der Waals surface area contributed by atoms with Gasteiger partial charge in [0.15, 0.2) is 0 Å². The van der Waals surface area contributed by atoms with E-state index in [4.69, 9.17) is 0 Å². The number of nitrogens with zero attached hydrogens (tertiary/aromatic N) is 2. The van der Waals surface area contributed by atoms with Gasteiger partial charge >= 0.3 is 5.97 Å². The summed E-state index contributed by atoms with van der Waals surface area (Å²) >= 11 is 1.50. The van der Waals surface area contributed by atoms with Crippen LogP contribution in [0.4, 0.5) is 0 Å². The highest BCUT2D eigenvalue weighted by atomic mass is 32.1. The molecule has 0 saturated carbocycles. The highest BCUT2D eigenvalue weighted by Crippen LogP contribution is 2.40. The van der Waals surface area contributed by atoms with Crippen LogP contribution in [0.15, 0.2) is 42.0 Å². The molecule has 3 rings (SSSR count). The van der Waals surface area contributed by atoms with E-state index in [9.17, 15) is 14.7 Å². The number of carboxylic acids is 1. The van der Waals surface area contributed by atoms with Gasteiger partial charge in [0, 0.05) is 30.2 Å². The molecule has 114 valence electrons. The van der Waals surface area contributed by atoms with Gasteiger partial charge in [-0.3, -0.25) is 14.6 Å². The van der Waals surface area contributed by atoms with Crippen LogP contribution in [0.2, 0.25) is 0 Å². The summed E-state index contributed by atoms with van der Waals surface area (Å²) in [7, 11) is 0. The Hall–Kier alpha value is -2.21. The fourth-order valence-electron chi connectivity index (χ4n) is 2.88. The Balaban J connectivity index is 1.81. The largest absolute Gasteiger partial charge is 0.481 e. The number of pyridine rings is 1. The van der Waals surface area contributed by atoms with E-state index in [1.165, 1.54) is 11.3 Å². The SMILES string of the molecule is O=C(O)[C@@H]1CC(=O)N(CCc2cccnc2)[C@@H]1c1cccs1.